The molecule has 29 nitrogen and oxygen atoms in total. The first kappa shape index (κ1) is 99.9. The molecular formula is C109H102O29. The smallest absolute Gasteiger partial charge is 0.339 e. The van der Waals surface area contributed by atoms with Crippen molar-refractivity contribution >= 4 is 77.2 Å². The SMILES string of the molecule is C=CC(=O)OCC(COC1C=CC(C2(C3=CCC(OCC(COC(=O)C=C)OC(=O)C4CC=CCC4C(=O)O)C=C3)c3ccccc3C3C=CC=CC32)=CC1)OC(=O)c1cc(C(=O)c2ccc(C(C)=O)c(C(=O)O)c2)ccc1C(=O)O.C=CC(=O)OCC(COc1ccc(C2(c3ccc(OCC(COC(=O)C=C)OC(=O)C4CC=CCC4C(=O)O)cc3)c3ccccc3-c3ccccc32)cc1)OC. The molecule has 0 radical (unpaired) electrons. The summed E-state index contributed by atoms with van der Waals surface area (Å²) in [6.07, 6.45) is 28.0. The van der Waals surface area contributed by atoms with Gasteiger partial charge in [0.2, 0.25) is 0 Å². The van der Waals surface area contributed by atoms with Crippen LogP contribution >= 0.6 is 0 Å². The van der Waals surface area contributed by atoms with E-state index in [2.05, 4.69) is 87.0 Å². The van der Waals surface area contributed by atoms with E-state index in [4.69, 9.17) is 56.8 Å². The Hall–Kier alpha value is -15.6. The number of esters is 7. The van der Waals surface area contributed by atoms with E-state index in [1.165, 1.54) is 26.2 Å². The van der Waals surface area contributed by atoms with Crippen molar-refractivity contribution in [2.24, 2.45) is 29.6 Å². The van der Waals surface area contributed by atoms with Crippen molar-refractivity contribution in [2.45, 2.75) is 98.8 Å². The molecule has 0 aromatic heterocycles. The second kappa shape index (κ2) is 46.1. The number of carbonyl (C=O) groups is 13. The van der Waals surface area contributed by atoms with Gasteiger partial charge in [-0.3, -0.25) is 28.8 Å². The Labute approximate surface area is 795 Å². The highest BCUT2D eigenvalue weighted by Crippen LogP contribution is 2.62. The summed E-state index contributed by atoms with van der Waals surface area (Å²) in [5.74, 6) is -14.6. The van der Waals surface area contributed by atoms with Gasteiger partial charge in [-0.05, 0) is 150 Å². The molecule has 712 valence electrons. The van der Waals surface area contributed by atoms with E-state index in [0.29, 0.717) is 24.3 Å². The van der Waals surface area contributed by atoms with E-state index in [1.54, 1.807) is 24.3 Å². The molecule has 138 heavy (non-hydrogen) atoms. The number of aliphatic carboxylic acids is 2. The fourth-order valence-corrected chi connectivity index (χ4v) is 18.3. The number of ketones is 2. The van der Waals surface area contributed by atoms with Crippen LogP contribution in [0.15, 0.2) is 305 Å². The van der Waals surface area contributed by atoms with E-state index < -0.39 is 172 Å². The lowest BCUT2D eigenvalue weighted by atomic mass is 9.60. The summed E-state index contributed by atoms with van der Waals surface area (Å²) in [5, 5.41) is 39.3. The van der Waals surface area contributed by atoms with Crippen molar-refractivity contribution < 1.29 is 140 Å². The minimum atomic E-state index is -1.52. The number of hydrogen-bond donors (Lipinski definition) is 4. The molecule has 29 heteroatoms. The summed E-state index contributed by atoms with van der Waals surface area (Å²) in [6.45, 7) is 13.2. The Kier molecular flexibility index (Phi) is 33.4. The maximum absolute atomic E-state index is 13.9. The molecule has 13 unspecified atom stereocenters. The van der Waals surface area contributed by atoms with Crippen LogP contribution in [0.4, 0.5) is 0 Å². The number of carbonyl (C=O) groups excluding carboxylic acids is 9. The van der Waals surface area contributed by atoms with Crippen LogP contribution in [0, 0.1) is 29.6 Å². The predicted molar refractivity (Wildman–Crippen MR) is 501 cm³/mol. The van der Waals surface area contributed by atoms with Gasteiger partial charge in [-0.25, -0.2) is 33.6 Å². The maximum Gasteiger partial charge on any atom is 0.339 e. The van der Waals surface area contributed by atoms with Gasteiger partial charge in [-0.15, -0.1) is 0 Å². The minimum Gasteiger partial charge on any atom is -0.491 e. The molecule has 7 aromatic carbocycles. The molecule has 7 aromatic rings. The van der Waals surface area contributed by atoms with Crippen LogP contribution in [-0.4, -0.2) is 194 Å². The summed E-state index contributed by atoms with van der Waals surface area (Å²) < 4.78 is 68.2. The largest absolute Gasteiger partial charge is 0.491 e. The molecule has 13 atom stereocenters. The molecule has 0 heterocycles. The van der Waals surface area contributed by atoms with E-state index in [9.17, 15) is 82.8 Å². The quantitative estimate of drug-likeness (QED) is 0.00907. The number of methoxy groups -OCH3 is 1. The van der Waals surface area contributed by atoms with Gasteiger partial charge in [0.05, 0.1) is 76.6 Å². The fraction of sp³-hybridized carbons (Fsp3) is 0.275. The first-order chi connectivity index (χ1) is 66.6. The highest BCUT2D eigenvalue weighted by Gasteiger charge is 2.55. The third kappa shape index (κ3) is 22.8. The Morgan fingerprint density at radius 1 is 0.413 bits per heavy atom. The van der Waals surface area contributed by atoms with E-state index in [-0.39, 0.29) is 100 Å². The molecule has 0 amide bonds. The number of aromatic carboxylic acids is 2. The molecular weight excluding hydrogens is 1770 g/mol. The molecule has 0 bridgehead atoms. The van der Waals surface area contributed by atoms with Crippen LogP contribution in [0.2, 0.25) is 0 Å². The molecule has 0 fully saturated rings. The van der Waals surface area contributed by atoms with Crippen LogP contribution in [0.25, 0.3) is 11.1 Å². The Balaban J connectivity index is 0.000000247. The Bertz CT molecular complexity index is 6090. The number of carboxylic acid groups (broad SMARTS) is 4. The van der Waals surface area contributed by atoms with Gasteiger partial charge in [-0.2, -0.15) is 0 Å². The number of fused-ring (bicyclic) bond motifs is 6. The third-order valence-corrected chi connectivity index (χ3v) is 25.0. The number of ether oxygens (including phenoxy) is 12. The second-order valence-corrected chi connectivity index (χ2v) is 33.3. The van der Waals surface area contributed by atoms with Crippen molar-refractivity contribution in [3.05, 3.63) is 371 Å². The fourth-order valence-electron chi connectivity index (χ4n) is 18.3. The first-order valence-electron chi connectivity index (χ1n) is 44.6. The Morgan fingerprint density at radius 3 is 1.25 bits per heavy atom. The zero-order chi connectivity index (χ0) is 98.3. The molecule has 4 N–H and O–H groups in total. The third-order valence-electron chi connectivity index (χ3n) is 25.0. The summed E-state index contributed by atoms with van der Waals surface area (Å²) >= 11 is 0. The lowest BCUT2D eigenvalue weighted by Crippen LogP contribution is -2.38. The van der Waals surface area contributed by atoms with Crippen molar-refractivity contribution in [3.63, 3.8) is 0 Å². The number of rotatable bonds is 42. The molecule has 0 saturated carbocycles. The van der Waals surface area contributed by atoms with E-state index in [0.717, 1.165) is 104 Å². The first-order valence-corrected chi connectivity index (χ1v) is 44.6. The average molecular weight is 1880 g/mol. The topological polar surface area (TPSA) is 414 Å². The van der Waals surface area contributed by atoms with Crippen LogP contribution in [0.3, 0.4) is 0 Å². The summed E-state index contributed by atoms with van der Waals surface area (Å²) in [4.78, 5) is 162. The van der Waals surface area contributed by atoms with Crippen LogP contribution in [0.1, 0.15) is 142 Å². The molecule has 7 aliphatic rings. The molecule has 0 aliphatic heterocycles. The average Bonchev–Trinajstić information content (AvgIpc) is 1.54. The van der Waals surface area contributed by atoms with Gasteiger partial charge in [-0.1, -0.05) is 221 Å². The van der Waals surface area contributed by atoms with Gasteiger partial charge < -0.3 is 77.3 Å². The molecule has 14 rings (SSSR count). The summed E-state index contributed by atoms with van der Waals surface area (Å²) in [5.41, 5.74) is 7.22. The maximum atomic E-state index is 13.9. The van der Waals surface area contributed by atoms with Gasteiger partial charge in [0.1, 0.15) is 57.2 Å². The number of carboxylic acids is 4. The molecule has 0 spiro atoms. The zero-order valence-corrected chi connectivity index (χ0v) is 75.6. The number of hydrogen-bond acceptors (Lipinski definition) is 25. The lowest BCUT2D eigenvalue weighted by Gasteiger charge is -2.42. The molecule has 0 saturated heterocycles. The number of allylic oxidation sites excluding steroid dienone is 12. The number of benzene rings is 7. The zero-order valence-electron chi connectivity index (χ0n) is 75.6. The number of Topliss-reactive ketones (excluding diaryl/α,β-unsaturated/α-hetero) is 1. The van der Waals surface area contributed by atoms with Crippen molar-refractivity contribution in [2.75, 3.05) is 60.0 Å². The summed E-state index contributed by atoms with van der Waals surface area (Å²) in [7, 11) is 1.52. The normalized spacial score (nSPS) is 20.4. The van der Waals surface area contributed by atoms with Gasteiger partial charge >= 0.3 is 65.7 Å². The van der Waals surface area contributed by atoms with Crippen LogP contribution < -0.4 is 9.47 Å². The van der Waals surface area contributed by atoms with Gasteiger partial charge in [0.15, 0.2) is 29.9 Å². The standard InChI is InChI=1S/C63H58O18.C46H44O11/c1-4-55(65)78-34-43(80-61(74)50-15-7-6-14-48(50)58(68)69)32-76-41-24-20-39(21-25-41)63(53-16-10-8-12-46(53)47-13-9-11-17-54(47)63)40-22-26-42(27-23-40)77-33-44(35-79-56(66)5-2)81-62(75)52-31-38(19-29-49(52)59(70)71)57(67)37-18-28-45(36(3)64)51(30-37)60(72)73;1-4-42(47)55-27-34(52-3)26-53-32-22-18-30(19-23-32)46(40-16-10-8-12-36(40)37-13-9-11-17-41(37)46)31-20-24-33(25-21-31)54-28-35(29-56-43(48)5-2)57-45(51)39-15-7-6-14-38(39)44(49)50/h4-13,16-24,26,28-31,41-44,46,48,50,53H,1-2,14-15,25,27,32-35H2,3H3,(H,68,69)(H,70,71)(H,72,73);4-13,16-25,34-35,38-39H,1-2,14-15,26-29H2,3H3,(H,49,50). The highest BCUT2D eigenvalue weighted by atomic mass is 16.6. The van der Waals surface area contributed by atoms with E-state index >= 15 is 0 Å². The second-order valence-electron chi connectivity index (χ2n) is 33.3. The van der Waals surface area contributed by atoms with Crippen molar-refractivity contribution in [1.82, 2.24) is 0 Å². The summed E-state index contributed by atoms with van der Waals surface area (Å²) in [6, 6.07) is 47.1. The van der Waals surface area contributed by atoms with Crippen molar-refractivity contribution in [3.8, 4) is 22.6 Å². The predicted octanol–water partition coefficient (Wildman–Crippen LogP) is 15.3. The monoisotopic (exact) mass is 1870 g/mol. The highest BCUT2D eigenvalue weighted by molar-refractivity contribution is 6.14. The van der Waals surface area contributed by atoms with E-state index in [1.807, 2.05) is 121 Å². The van der Waals surface area contributed by atoms with Gasteiger partial charge in [0.25, 0.3) is 0 Å². The van der Waals surface area contributed by atoms with Crippen LogP contribution in [-0.2, 0) is 96.6 Å². The molecule has 7 aliphatic carbocycles. The Morgan fingerprint density at radius 2 is 0.819 bits per heavy atom. The van der Waals surface area contributed by atoms with Crippen molar-refractivity contribution in [1.29, 1.82) is 0 Å². The van der Waals surface area contributed by atoms with Crippen LogP contribution in [0.5, 0.6) is 11.5 Å². The van der Waals surface area contributed by atoms with Gasteiger partial charge in [0, 0.05) is 59.9 Å². The lowest BCUT2D eigenvalue weighted by molar-refractivity contribution is -0.170. The minimum absolute atomic E-state index is 0.0186.